The first kappa shape index (κ1) is 18.4. The van der Waals surface area contributed by atoms with Crippen LogP contribution < -0.4 is 5.69 Å². The third kappa shape index (κ3) is 4.21. The number of carbonyl (C=O) groups excluding carboxylic acids is 1. The van der Waals surface area contributed by atoms with Crippen molar-refractivity contribution in [2.24, 2.45) is 0 Å². The van der Waals surface area contributed by atoms with Gasteiger partial charge in [-0.3, -0.25) is 4.79 Å². The predicted octanol–water partition coefficient (Wildman–Crippen LogP) is 3.03. The van der Waals surface area contributed by atoms with Crippen LogP contribution in [-0.2, 0) is 11.2 Å². The summed E-state index contributed by atoms with van der Waals surface area (Å²) in [6.45, 7) is 7.44. The first-order valence-electron chi connectivity index (χ1n) is 9.35. The first-order valence-corrected chi connectivity index (χ1v) is 9.35. The maximum Gasteiger partial charge on any atom is 0.345 e. The molecule has 26 heavy (non-hydrogen) atoms. The molecular weight excluding hydrogens is 326 g/mol. The minimum atomic E-state index is -0.327. The van der Waals surface area contributed by atoms with Gasteiger partial charge >= 0.3 is 5.69 Å². The van der Waals surface area contributed by atoms with Crippen molar-refractivity contribution in [1.82, 2.24) is 14.9 Å². The van der Waals surface area contributed by atoms with Crippen LogP contribution in [0, 0.1) is 20.8 Å². The van der Waals surface area contributed by atoms with Gasteiger partial charge in [0.1, 0.15) is 0 Å². The Morgan fingerprint density at radius 2 is 2.12 bits per heavy atom. The number of hydrogen-bond donors (Lipinski definition) is 1. The lowest BCUT2D eigenvalue weighted by Gasteiger charge is -2.33. The van der Waals surface area contributed by atoms with Crippen molar-refractivity contribution >= 4 is 5.91 Å². The van der Waals surface area contributed by atoms with E-state index in [2.05, 4.69) is 41.2 Å². The van der Waals surface area contributed by atoms with E-state index < -0.39 is 0 Å². The molecule has 1 N–H and O–H groups in total. The number of carbonyl (C=O) groups is 1. The van der Waals surface area contributed by atoms with E-state index in [-0.39, 0.29) is 11.6 Å². The SMILES string of the molecule is Cc1cccc([C@@H]2CCCN(C(=O)CCc3c(C)nc(=O)[nH]c3C)C2)c1. The van der Waals surface area contributed by atoms with Crippen molar-refractivity contribution in [2.75, 3.05) is 13.1 Å². The number of H-pyrrole nitrogens is 1. The normalized spacial score (nSPS) is 17.3. The largest absolute Gasteiger partial charge is 0.345 e. The minimum absolute atomic E-state index is 0.187. The molecule has 1 aliphatic heterocycles. The second-order valence-corrected chi connectivity index (χ2v) is 7.32. The van der Waals surface area contributed by atoms with Crippen LogP contribution in [0.5, 0.6) is 0 Å². The molecule has 0 aliphatic carbocycles. The highest BCUT2D eigenvalue weighted by molar-refractivity contribution is 5.76. The summed E-state index contributed by atoms with van der Waals surface area (Å²) in [5.41, 5.74) is 4.78. The van der Waals surface area contributed by atoms with Gasteiger partial charge in [-0.25, -0.2) is 4.79 Å². The third-order valence-electron chi connectivity index (χ3n) is 5.33. The summed E-state index contributed by atoms with van der Waals surface area (Å²) < 4.78 is 0. The summed E-state index contributed by atoms with van der Waals surface area (Å²) in [6.07, 6.45) is 3.25. The first-order chi connectivity index (χ1) is 12.4. The van der Waals surface area contributed by atoms with Crippen molar-refractivity contribution in [2.45, 2.75) is 52.4 Å². The number of nitrogens with zero attached hydrogens (tertiary/aromatic N) is 2. The monoisotopic (exact) mass is 353 g/mol. The highest BCUT2D eigenvalue weighted by Gasteiger charge is 2.24. The summed E-state index contributed by atoms with van der Waals surface area (Å²) in [6, 6.07) is 8.61. The number of hydrogen-bond acceptors (Lipinski definition) is 3. The number of nitrogens with one attached hydrogen (secondary N) is 1. The Bertz CT molecular complexity index is 830. The highest BCUT2D eigenvalue weighted by atomic mass is 16.2. The number of rotatable bonds is 4. The number of aryl methyl sites for hydroxylation is 3. The van der Waals surface area contributed by atoms with Crippen LogP contribution in [0.2, 0.25) is 0 Å². The van der Waals surface area contributed by atoms with Gasteiger partial charge in [0.25, 0.3) is 0 Å². The van der Waals surface area contributed by atoms with Crippen molar-refractivity contribution in [1.29, 1.82) is 0 Å². The number of aromatic nitrogens is 2. The Labute approximate surface area is 154 Å². The van der Waals surface area contributed by atoms with E-state index in [1.165, 1.54) is 11.1 Å². The van der Waals surface area contributed by atoms with E-state index in [1.807, 2.05) is 18.7 Å². The number of piperidine rings is 1. The molecule has 0 unspecified atom stereocenters. The lowest BCUT2D eigenvalue weighted by Crippen LogP contribution is -2.39. The fourth-order valence-corrected chi connectivity index (χ4v) is 3.91. The van der Waals surface area contributed by atoms with Crippen molar-refractivity contribution < 1.29 is 4.79 Å². The second-order valence-electron chi connectivity index (χ2n) is 7.32. The van der Waals surface area contributed by atoms with Crippen LogP contribution in [0.3, 0.4) is 0 Å². The molecule has 1 fully saturated rings. The van der Waals surface area contributed by atoms with E-state index in [4.69, 9.17) is 0 Å². The van der Waals surface area contributed by atoms with Gasteiger partial charge in [-0.05, 0) is 51.2 Å². The average molecular weight is 353 g/mol. The predicted molar refractivity (Wildman–Crippen MR) is 102 cm³/mol. The molecule has 1 saturated heterocycles. The zero-order valence-electron chi connectivity index (χ0n) is 15.8. The van der Waals surface area contributed by atoms with Gasteiger partial charge < -0.3 is 9.88 Å². The second kappa shape index (κ2) is 7.85. The molecule has 138 valence electrons. The standard InChI is InChI=1S/C21H27N3O2/c1-14-6-4-7-17(12-14)18-8-5-11-24(13-18)20(25)10-9-19-15(2)22-21(26)23-16(19)3/h4,6-7,12,18H,5,8-11,13H2,1-3H3,(H,22,23,26)/t18-/m1/s1. The van der Waals surface area contributed by atoms with Gasteiger partial charge in [-0.1, -0.05) is 29.8 Å². The number of aromatic amines is 1. The van der Waals surface area contributed by atoms with Crippen LogP contribution in [-0.4, -0.2) is 33.9 Å². The van der Waals surface area contributed by atoms with Crippen LogP contribution in [0.1, 0.15) is 53.3 Å². The molecule has 5 nitrogen and oxygen atoms in total. The maximum atomic E-state index is 12.7. The molecule has 1 amide bonds. The summed E-state index contributed by atoms with van der Waals surface area (Å²) in [5, 5.41) is 0. The molecule has 2 aromatic rings. The smallest absolute Gasteiger partial charge is 0.342 e. The average Bonchev–Trinajstić information content (AvgIpc) is 2.60. The van der Waals surface area contributed by atoms with Crippen LogP contribution in [0.4, 0.5) is 0 Å². The van der Waals surface area contributed by atoms with Crippen LogP contribution in [0.15, 0.2) is 29.1 Å². The van der Waals surface area contributed by atoms with Crippen molar-refractivity contribution in [3.63, 3.8) is 0 Å². The topological polar surface area (TPSA) is 66.1 Å². The Morgan fingerprint density at radius 3 is 2.85 bits per heavy atom. The van der Waals surface area contributed by atoms with E-state index in [9.17, 15) is 9.59 Å². The minimum Gasteiger partial charge on any atom is -0.342 e. The zero-order valence-corrected chi connectivity index (χ0v) is 15.8. The molecule has 1 aromatic heterocycles. The van der Waals surface area contributed by atoms with Crippen molar-refractivity contribution in [3.05, 3.63) is 62.8 Å². The molecule has 0 saturated carbocycles. The van der Waals surface area contributed by atoms with Crippen LogP contribution in [0.25, 0.3) is 0 Å². The Hall–Kier alpha value is -2.43. The number of amides is 1. The molecule has 2 heterocycles. The quantitative estimate of drug-likeness (QED) is 0.919. The molecular formula is C21H27N3O2. The third-order valence-corrected chi connectivity index (χ3v) is 5.33. The highest BCUT2D eigenvalue weighted by Crippen LogP contribution is 2.28. The number of likely N-dealkylation sites (tertiary alicyclic amines) is 1. The van der Waals surface area contributed by atoms with Gasteiger partial charge in [0.2, 0.25) is 5.91 Å². The lowest BCUT2D eigenvalue weighted by atomic mass is 9.89. The molecule has 5 heteroatoms. The fourth-order valence-electron chi connectivity index (χ4n) is 3.91. The summed E-state index contributed by atoms with van der Waals surface area (Å²) >= 11 is 0. The molecule has 1 aromatic carbocycles. The fraction of sp³-hybridized carbons (Fsp3) is 0.476. The van der Waals surface area contributed by atoms with Gasteiger partial charge in [-0.2, -0.15) is 4.98 Å². The van der Waals surface area contributed by atoms with Gasteiger partial charge in [0.15, 0.2) is 0 Å². The van der Waals surface area contributed by atoms with E-state index >= 15 is 0 Å². The molecule has 0 radical (unpaired) electrons. The zero-order chi connectivity index (χ0) is 18.7. The summed E-state index contributed by atoms with van der Waals surface area (Å²) in [4.78, 5) is 32.8. The van der Waals surface area contributed by atoms with Crippen molar-refractivity contribution in [3.8, 4) is 0 Å². The Balaban J connectivity index is 1.64. The molecule has 0 bridgehead atoms. The van der Waals surface area contributed by atoms with Gasteiger partial charge in [0.05, 0.1) is 0 Å². The Morgan fingerprint density at radius 1 is 1.31 bits per heavy atom. The van der Waals surface area contributed by atoms with E-state index in [1.54, 1.807) is 0 Å². The van der Waals surface area contributed by atoms with E-state index in [0.717, 1.165) is 42.9 Å². The molecule has 0 spiro atoms. The summed E-state index contributed by atoms with van der Waals surface area (Å²) in [7, 11) is 0. The molecule has 1 atom stereocenters. The van der Waals surface area contributed by atoms with Crippen LogP contribution >= 0.6 is 0 Å². The maximum absolute atomic E-state index is 12.7. The van der Waals surface area contributed by atoms with E-state index in [0.29, 0.717) is 18.8 Å². The van der Waals surface area contributed by atoms with Gasteiger partial charge in [-0.15, -0.1) is 0 Å². The molecule has 3 rings (SSSR count). The van der Waals surface area contributed by atoms with Gasteiger partial charge in [0, 0.05) is 36.8 Å². The number of benzene rings is 1. The summed E-state index contributed by atoms with van der Waals surface area (Å²) in [5.74, 6) is 0.609. The molecule has 1 aliphatic rings. The lowest BCUT2D eigenvalue weighted by molar-refractivity contribution is -0.132. The Kier molecular flexibility index (Phi) is 5.55.